The minimum atomic E-state index is -8.68. The number of esters is 1. The monoisotopic (exact) mass is 894 g/mol. The number of carbonyl (C=O) groups excluding carboxylic acids is 1. The van der Waals surface area contributed by atoms with Gasteiger partial charge in [0.25, 0.3) is 0 Å². The molecule has 0 aromatic heterocycles. The first-order valence-corrected chi connectivity index (χ1v) is 19.5. The summed E-state index contributed by atoms with van der Waals surface area (Å²) in [6.45, 7) is 9.68. The molecule has 1 rings (SSSR count). The lowest BCUT2D eigenvalue weighted by atomic mass is 9.88. The molecule has 1 aromatic carbocycles. The Labute approximate surface area is 323 Å². The van der Waals surface area contributed by atoms with Crippen LogP contribution in [0.4, 0.5) is 74.6 Å². The summed E-state index contributed by atoms with van der Waals surface area (Å²) >= 11 is 0. The molecule has 0 aliphatic rings. The van der Waals surface area contributed by atoms with Crippen molar-refractivity contribution >= 4 is 14.3 Å². The van der Waals surface area contributed by atoms with E-state index in [2.05, 4.69) is 6.58 Å². The van der Waals surface area contributed by atoms with Gasteiger partial charge in [0.1, 0.15) is 19.0 Å². The highest BCUT2D eigenvalue weighted by atomic mass is 28.4. The van der Waals surface area contributed by atoms with Crippen LogP contribution < -0.4 is 4.74 Å². The van der Waals surface area contributed by atoms with Crippen molar-refractivity contribution in [3.8, 4) is 5.75 Å². The number of aliphatic hydroxyl groups is 1. The van der Waals surface area contributed by atoms with Gasteiger partial charge in [-0.3, -0.25) is 0 Å². The van der Waals surface area contributed by atoms with Crippen LogP contribution in [-0.2, 0) is 14.0 Å². The largest absolute Gasteiger partial charge is 0.491 e. The molecule has 1 aromatic rings. The number of hydrogen-bond acceptors (Lipinski definition) is 5. The van der Waals surface area contributed by atoms with Crippen LogP contribution in [0.1, 0.15) is 65.5 Å². The van der Waals surface area contributed by atoms with Crippen LogP contribution >= 0.6 is 0 Å². The summed E-state index contributed by atoms with van der Waals surface area (Å²) in [7, 11) is -3.94. The lowest BCUT2D eigenvalue weighted by molar-refractivity contribution is -0.461. The Morgan fingerprint density at radius 1 is 0.724 bits per heavy atom. The van der Waals surface area contributed by atoms with Crippen LogP contribution in [0, 0.1) is 5.92 Å². The highest BCUT2D eigenvalue weighted by molar-refractivity contribution is 6.76. The van der Waals surface area contributed by atoms with E-state index in [0.717, 1.165) is 0 Å². The summed E-state index contributed by atoms with van der Waals surface area (Å²) in [5, 5.41) is 10.7. The maximum absolute atomic E-state index is 14.9. The summed E-state index contributed by atoms with van der Waals surface area (Å²) in [5.41, 5.74) is -1.24. The molecule has 0 fully saturated rings. The SMILES string of the molecule is C=CCOC(=O)/C=C/CC[C@H](C)[C@@H](O)c1ccc(OCCO[Si](CCC(F)(F)C(F)(F)C(F)(F)C(F)(F)C(F)(F)C(F)(F)C(F)(F)C(F)(F)F)(C(C)C)C(C)C)cc1. The lowest BCUT2D eigenvalue weighted by Crippen LogP contribution is -2.74. The molecule has 0 aliphatic carbocycles. The van der Waals surface area contributed by atoms with Crippen molar-refractivity contribution in [1.29, 1.82) is 0 Å². The van der Waals surface area contributed by atoms with E-state index in [9.17, 15) is 84.5 Å². The van der Waals surface area contributed by atoms with Crippen molar-refractivity contribution < 1.29 is 98.4 Å². The third kappa shape index (κ3) is 10.6. The minimum Gasteiger partial charge on any atom is -0.491 e. The fourth-order valence-electron chi connectivity index (χ4n) is 5.72. The van der Waals surface area contributed by atoms with Crippen LogP contribution in [0.3, 0.4) is 0 Å². The molecule has 0 amide bonds. The van der Waals surface area contributed by atoms with E-state index in [1.165, 1.54) is 64.1 Å². The van der Waals surface area contributed by atoms with E-state index in [4.69, 9.17) is 13.9 Å². The van der Waals surface area contributed by atoms with Gasteiger partial charge in [-0.25, -0.2) is 4.79 Å². The molecule has 0 saturated heterocycles. The fraction of sp³-hybridized carbons (Fsp3) is 0.686. The highest BCUT2D eigenvalue weighted by Gasteiger charge is 2.95. The van der Waals surface area contributed by atoms with Crippen LogP contribution in [0.2, 0.25) is 17.1 Å². The predicted molar refractivity (Wildman–Crippen MR) is 178 cm³/mol. The van der Waals surface area contributed by atoms with Gasteiger partial charge >= 0.3 is 53.6 Å². The molecule has 23 heteroatoms. The molecule has 1 N–H and O–H groups in total. The number of rotatable bonds is 24. The molecule has 58 heavy (non-hydrogen) atoms. The number of carbonyl (C=O) groups is 1. The average Bonchev–Trinajstić information content (AvgIpc) is 3.10. The third-order valence-electron chi connectivity index (χ3n) is 9.44. The molecule has 0 saturated carbocycles. The van der Waals surface area contributed by atoms with E-state index in [1.807, 2.05) is 0 Å². The number of halogens is 17. The molecule has 5 nitrogen and oxygen atoms in total. The summed E-state index contributed by atoms with van der Waals surface area (Å²) in [6, 6.07) is 4.56. The zero-order valence-corrected chi connectivity index (χ0v) is 32.5. The van der Waals surface area contributed by atoms with Crippen LogP contribution in [0.25, 0.3) is 0 Å². The number of aliphatic hydroxyl groups excluding tert-OH is 1. The molecule has 0 spiro atoms. The Kier molecular flexibility index (Phi) is 17.4. The van der Waals surface area contributed by atoms with Crippen LogP contribution in [-0.4, -0.2) is 86.8 Å². The third-order valence-corrected chi connectivity index (χ3v) is 15.1. The second kappa shape index (κ2) is 19.1. The molecule has 2 atom stereocenters. The Bertz CT molecular complexity index is 1500. The quantitative estimate of drug-likeness (QED) is 0.0280. The summed E-state index contributed by atoms with van der Waals surface area (Å²) < 4.78 is 250. The Morgan fingerprint density at radius 2 is 1.19 bits per heavy atom. The molecule has 0 bridgehead atoms. The molecule has 0 aliphatic heterocycles. The van der Waals surface area contributed by atoms with E-state index in [1.54, 1.807) is 13.0 Å². The Hall–Kier alpha value is -3.08. The summed E-state index contributed by atoms with van der Waals surface area (Å²) in [4.78, 5) is 11.5. The molecular formula is C35H43F17O5Si. The highest BCUT2D eigenvalue weighted by Crippen LogP contribution is 2.64. The fourth-order valence-corrected chi connectivity index (χ4v) is 10.2. The number of benzene rings is 1. The van der Waals surface area contributed by atoms with E-state index in [0.29, 0.717) is 18.4 Å². The molecule has 0 unspecified atom stereocenters. The van der Waals surface area contributed by atoms with Crippen LogP contribution in [0.5, 0.6) is 5.75 Å². The van der Waals surface area contributed by atoms with Gasteiger partial charge in [-0.1, -0.05) is 65.5 Å². The van der Waals surface area contributed by atoms with Gasteiger partial charge in [0, 0.05) is 12.5 Å². The number of hydrogen-bond donors (Lipinski definition) is 1. The van der Waals surface area contributed by atoms with Gasteiger partial charge < -0.3 is 19.0 Å². The first kappa shape index (κ1) is 52.9. The lowest BCUT2D eigenvalue weighted by Gasteiger charge is -2.44. The number of allylic oxidation sites excluding steroid dienone is 1. The van der Waals surface area contributed by atoms with Gasteiger partial charge in [0.15, 0.2) is 8.32 Å². The summed E-state index contributed by atoms with van der Waals surface area (Å²) in [6.07, 6.45) is -6.20. The molecular weight excluding hydrogens is 851 g/mol. The zero-order valence-electron chi connectivity index (χ0n) is 31.5. The van der Waals surface area contributed by atoms with Gasteiger partial charge in [0.05, 0.1) is 12.7 Å². The first-order valence-electron chi connectivity index (χ1n) is 17.3. The maximum Gasteiger partial charge on any atom is 0.460 e. The van der Waals surface area contributed by atoms with Gasteiger partial charge in [-0.15, -0.1) is 0 Å². The predicted octanol–water partition coefficient (Wildman–Crippen LogP) is 12.0. The van der Waals surface area contributed by atoms with E-state index >= 15 is 0 Å². The van der Waals surface area contributed by atoms with Crippen LogP contribution in [0.15, 0.2) is 49.1 Å². The average molecular weight is 895 g/mol. The summed E-state index contributed by atoms with van der Waals surface area (Å²) in [5.74, 6) is -57.3. The Morgan fingerprint density at radius 3 is 1.64 bits per heavy atom. The van der Waals surface area contributed by atoms with Crippen molar-refractivity contribution in [3.05, 3.63) is 54.6 Å². The topological polar surface area (TPSA) is 65.0 Å². The molecule has 336 valence electrons. The standard InChI is InChI=1S/C35H43F17O5Si/c1-7-17-56-26(53)11-9-8-10-23(6)27(54)24-12-14-25(15-13-24)55-18-19-57-58(21(2)3,22(4)5)20-16-28(36,37)29(38,39)30(40,41)31(42,43)32(44,45)33(46,47)34(48,49)35(50,51)52/h7,9,11-15,21-23,27,54H,1,8,10,16-20H2,2-6H3/b11-9+/t23-,27+/m0/s1. The second-order valence-corrected chi connectivity index (χ2v) is 19.0. The normalized spacial score (nSPS) is 15.6. The number of ether oxygens (including phenoxy) is 2. The minimum absolute atomic E-state index is 0.0435. The van der Waals surface area contributed by atoms with Gasteiger partial charge in [-0.05, 0) is 53.6 Å². The van der Waals surface area contributed by atoms with Gasteiger partial charge in [-0.2, -0.15) is 74.6 Å². The molecule has 0 heterocycles. The number of alkyl halides is 17. The molecule has 0 radical (unpaired) electrons. The van der Waals surface area contributed by atoms with Gasteiger partial charge in [0.2, 0.25) is 0 Å². The Balaban J connectivity index is 3.12. The van der Waals surface area contributed by atoms with E-state index < -0.39 is 98.2 Å². The van der Waals surface area contributed by atoms with Crippen molar-refractivity contribution in [2.24, 2.45) is 5.92 Å². The zero-order chi connectivity index (χ0) is 45.6. The smallest absolute Gasteiger partial charge is 0.460 e. The second-order valence-electron chi connectivity index (χ2n) is 14.0. The van der Waals surface area contributed by atoms with Crippen molar-refractivity contribution in [1.82, 2.24) is 0 Å². The van der Waals surface area contributed by atoms with Crippen molar-refractivity contribution in [2.75, 3.05) is 19.8 Å². The van der Waals surface area contributed by atoms with Crippen molar-refractivity contribution in [3.63, 3.8) is 0 Å². The first-order chi connectivity index (χ1) is 26.1. The maximum atomic E-state index is 14.9. The van der Waals surface area contributed by atoms with E-state index in [-0.39, 0.29) is 24.9 Å². The van der Waals surface area contributed by atoms with Crippen molar-refractivity contribution in [2.45, 2.75) is 125 Å².